The molecule has 2 aliphatic rings. The minimum absolute atomic E-state index is 0.217. The standard InChI is InChI=1S/C35H64O8/c1-3-4-5-6-7-8-9-10-11-15-18-31(39)33-21-22-34(43-33)32(40)20-19-30(38)25-29(37)17-14-12-13-16-28(36)24-27-23-26(2)42-35(27)41/h23,26,28-34,36-40H,3-22,24-25H2,1-2H3/t26-,28+,29?,30?,31-,32+,33+,34+/m0/s1. The monoisotopic (exact) mass is 612 g/mol. The van der Waals surface area contributed by atoms with Crippen molar-refractivity contribution in [1.29, 1.82) is 0 Å². The van der Waals surface area contributed by atoms with Gasteiger partial charge in [-0.1, -0.05) is 90.4 Å². The highest BCUT2D eigenvalue weighted by Gasteiger charge is 2.34. The van der Waals surface area contributed by atoms with Gasteiger partial charge in [0.1, 0.15) is 6.10 Å². The molecule has 8 atom stereocenters. The Bertz CT molecular complexity index is 758. The number of hydrogen-bond acceptors (Lipinski definition) is 8. The van der Waals surface area contributed by atoms with Crippen molar-refractivity contribution in [3.8, 4) is 0 Å². The van der Waals surface area contributed by atoms with E-state index in [1.165, 1.54) is 51.4 Å². The van der Waals surface area contributed by atoms with E-state index in [1.54, 1.807) is 13.0 Å². The van der Waals surface area contributed by atoms with Gasteiger partial charge < -0.3 is 35.0 Å². The molecule has 5 N–H and O–H groups in total. The summed E-state index contributed by atoms with van der Waals surface area (Å²) < 4.78 is 11.1. The highest BCUT2D eigenvalue weighted by Crippen LogP contribution is 2.28. The van der Waals surface area contributed by atoms with Crippen molar-refractivity contribution >= 4 is 5.97 Å². The molecule has 252 valence electrons. The zero-order chi connectivity index (χ0) is 31.5. The Morgan fingerprint density at radius 2 is 1.16 bits per heavy atom. The van der Waals surface area contributed by atoms with E-state index in [1.807, 2.05) is 0 Å². The Morgan fingerprint density at radius 1 is 0.674 bits per heavy atom. The Balaban J connectivity index is 1.46. The van der Waals surface area contributed by atoms with Crippen molar-refractivity contribution in [3.63, 3.8) is 0 Å². The molecule has 0 aliphatic carbocycles. The largest absolute Gasteiger partial charge is 0.455 e. The van der Waals surface area contributed by atoms with E-state index >= 15 is 0 Å². The molecule has 0 aromatic carbocycles. The maximum atomic E-state index is 11.7. The van der Waals surface area contributed by atoms with Crippen LogP contribution < -0.4 is 0 Å². The second-order valence-corrected chi connectivity index (χ2v) is 13.3. The van der Waals surface area contributed by atoms with Crippen LogP contribution in [0.3, 0.4) is 0 Å². The first-order chi connectivity index (χ1) is 20.7. The molecule has 0 saturated carbocycles. The molecule has 8 heteroatoms. The summed E-state index contributed by atoms with van der Waals surface area (Å²) in [6, 6.07) is 0. The number of rotatable bonds is 26. The van der Waals surface area contributed by atoms with Crippen LogP contribution in [-0.2, 0) is 14.3 Å². The Hall–Kier alpha value is -1.03. The van der Waals surface area contributed by atoms with E-state index in [9.17, 15) is 30.3 Å². The van der Waals surface area contributed by atoms with Gasteiger partial charge in [-0.05, 0) is 64.4 Å². The van der Waals surface area contributed by atoms with E-state index in [4.69, 9.17) is 9.47 Å². The number of carbonyl (C=O) groups is 1. The zero-order valence-corrected chi connectivity index (χ0v) is 27.2. The first-order valence-electron chi connectivity index (χ1n) is 17.7. The smallest absolute Gasteiger partial charge is 0.334 e. The predicted molar refractivity (Wildman–Crippen MR) is 170 cm³/mol. The molecule has 2 unspecified atom stereocenters. The molecule has 0 bridgehead atoms. The van der Waals surface area contributed by atoms with Crippen LogP contribution in [0.2, 0.25) is 0 Å². The summed E-state index contributed by atoms with van der Waals surface area (Å²) in [6.45, 7) is 4.04. The lowest BCUT2D eigenvalue weighted by atomic mass is 9.97. The molecule has 2 aliphatic heterocycles. The van der Waals surface area contributed by atoms with Gasteiger partial charge in [0.2, 0.25) is 0 Å². The average molecular weight is 613 g/mol. The molecule has 2 rings (SSSR count). The fraction of sp³-hybridized carbons (Fsp3) is 0.914. The van der Waals surface area contributed by atoms with Crippen LogP contribution in [0.15, 0.2) is 11.6 Å². The number of hydrogen-bond donors (Lipinski definition) is 5. The van der Waals surface area contributed by atoms with Crippen molar-refractivity contribution in [2.45, 2.75) is 204 Å². The SMILES string of the molecule is CCCCCCCCCCCC[C@H](O)[C@H]1CC[C@H]([C@H](O)CCC(O)CC(O)CCCCC[C@@H](O)CC2=C[C@H](C)OC2=O)O1. The van der Waals surface area contributed by atoms with Crippen molar-refractivity contribution < 1.29 is 39.8 Å². The number of aliphatic hydroxyl groups is 5. The highest BCUT2D eigenvalue weighted by molar-refractivity contribution is 5.90. The molecular formula is C35H64O8. The number of carbonyl (C=O) groups excluding carboxylic acids is 1. The minimum atomic E-state index is -0.688. The maximum absolute atomic E-state index is 11.7. The first-order valence-corrected chi connectivity index (χ1v) is 17.7. The van der Waals surface area contributed by atoms with E-state index < -0.39 is 30.5 Å². The molecule has 0 radical (unpaired) electrons. The fourth-order valence-corrected chi connectivity index (χ4v) is 6.45. The predicted octanol–water partition coefficient (Wildman–Crippen LogP) is 6.03. The summed E-state index contributed by atoms with van der Waals surface area (Å²) in [5.41, 5.74) is 0.547. The lowest BCUT2D eigenvalue weighted by molar-refractivity contribution is -0.139. The van der Waals surface area contributed by atoms with Crippen LogP contribution >= 0.6 is 0 Å². The fourth-order valence-electron chi connectivity index (χ4n) is 6.45. The summed E-state index contributed by atoms with van der Waals surface area (Å²) in [7, 11) is 0. The molecule has 43 heavy (non-hydrogen) atoms. The van der Waals surface area contributed by atoms with Gasteiger partial charge in [-0.25, -0.2) is 4.79 Å². The van der Waals surface area contributed by atoms with Gasteiger partial charge in [0.15, 0.2) is 0 Å². The summed E-state index contributed by atoms with van der Waals surface area (Å²) in [4.78, 5) is 11.7. The highest BCUT2D eigenvalue weighted by atomic mass is 16.5. The second kappa shape index (κ2) is 22.5. The minimum Gasteiger partial charge on any atom is -0.455 e. The van der Waals surface area contributed by atoms with Crippen LogP contribution in [0, 0.1) is 0 Å². The topological polar surface area (TPSA) is 137 Å². The Kier molecular flexibility index (Phi) is 19.9. The van der Waals surface area contributed by atoms with E-state index in [-0.39, 0.29) is 30.7 Å². The number of aliphatic hydroxyl groups excluding tert-OH is 5. The second-order valence-electron chi connectivity index (χ2n) is 13.3. The molecule has 1 saturated heterocycles. The van der Waals surface area contributed by atoms with E-state index in [0.717, 1.165) is 51.4 Å². The molecule has 2 heterocycles. The summed E-state index contributed by atoms with van der Waals surface area (Å²) >= 11 is 0. The Morgan fingerprint density at radius 3 is 1.74 bits per heavy atom. The molecule has 0 aromatic heterocycles. The molecule has 0 spiro atoms. The number of cyclic esters (lactones) is 1. The first kappa shape index (κ1) is 38.2. The van der Waals surface area contributed by atoms with Crippen LogP contribution in [0.25, 0.3) is 0 Å². The van der Waals surface area contributed by atoms with Crippen LogP contribution in [0.1, 0.15) is 155 Å². The number of unbranched alkanes of at least 4 members (excludes halogenated alkanes) is 11. The molecule has 0 aromatic rings. The third kappa shape index (κ3) is 16.7. The summed E-state index contributed by atoms with van der Waals surface area (Å²) in [5.74, 6) is -0.339. The van der Waals surface area contributed by atoms with Crippen molar-refractivity contribution in [1.82, 2.24) is 0 Å². The van der Waals surface area contributed by atoms with Crippen LogP contribution in [0.4, 0.5) is 0 Å². The lowest BCUT2D eigenvalue weighted by Crippen LogP contribution is -2.31. The van der Waals surface area contributed by atoms with Crippen LogP contribution in [0.5, 0.6) is 0 Å². The van der Waals surface area contributed by atoms with Gasteiger partial charge in [-0.3, -0.25) is 0 Å². The van der Waals surface area contributed by atoms with Gasteiger partial charge >= 0.3 is 5.97 Å². The van der Waals surface area contributed by atoms with E-state index in [2.05, 4.69) is 6.92 Å². The van der Waals surface area contributed by atoms with E-state index in [0.29, 0.717) is 37.7 Å². The van der Waals surface area contributed by atoms with Crippen molar-refractivity contribution in [2.24, 2.45) is 0 Å². The maximum Gasteiger partial charge on any atom is 0.334 e. The number of esters is 1. The quantitative estimate of drug-likeness (QED) is 0.0590. The normalized spacial score (nSPS) is 24.0. The van der Waals surface area contributed by atoms with Gasteiger partial charge in [0.25, 0.3) is 0 Å². The third-order valence-electron chi connectivity index (χ3n) is 9.16. The summed E-state index contributed by atoms with van der Waals surface area (Å²) in [5, 5.41) is 52.1. The van der Waals surface area contributed by atoms with Gasteiger partial charge in [0, 0.05) is 12.0 Å². The van der Waals surface area contributed by atoms with Crippen molar-refractivity contribution in [3.05, 3.63) is 11.6 Å². The van der Waals surface area contributed by atoms with Gasteiger partial charge in [0.05, 0.1) is 42.7 Å². The average Bonchev–Trinajstić information content (AvgIpc) is 3.58. The lowest BCUT2D eigenvalue weighted by Gasteiger charge is -2.23. The third-order valence-corrected chi connectivity index (χ3v) is 9.16. The molecule has 8 nitrogen and oxygen atoms in total. The summed E-state index contributed by atoms with van der Waals surface area (Å²) in [6.07, 6.45) is 17.9. The number of ether oxygens (including phenoxy) is 2. The Labute approximate surface area is 261 Å². The molecular weight excluding hydrogens is 548 g/mol. The van der Waals surface area contributed by atoms with Gasteiger partial charge in [-0.2, -0.15) is 0 Å². The molecule has 0 amide bonds. The van der Waals surface area contributed by atoms with Crippen LogP contribution in [-0.4, -0.2) is 80.3 Å². The van der Waals surface area contributed by atoms with Crippen molar-refractivity contribution in [2.75, 3.05) is 0 Å². The van der Waals surface area contributed by atoms with Gasteiger partial charge in [-0.15, -0.1) is 0 Å². The zero-order valence-electron chi connectivity index (χ0n) is 27.2. The molecule has 1 fully saturated rings.